The minimum absolute atomic E-state index is 0. The summed E-state index contributed by atoms with van der Waals surface area (Å²) in [7, 11) is 0. The third kappa shape index (κ3) is 9.33. The first kappa shape index (κ1) is 23.8. The molecule has 0 radical (unpaired) electrons. The summed E-state index contributed by atoms with van der Waals surface area (Å²) in [6, 6.07) is 6.98. The van der Waals surface area contributed by atoms with E-state index in [-0.39, 0.29) is 42.0 Å². The van der Waals surface area contributed by atoms with Crippen LogP contribution in [-0.2, 0) is 0 Å². The highest BCUT2D eigenvalue weighted by Crippen LogP contribution is 1.92. The number of aromatic nitrogens is 2. The SMILES string of the molecule is Cl.Cl.N=C(N)c1cccnc1.N=C(N)c1cccnc1.O. The van der Waals surface area contributed by atoms with Gasteiger partial charge in [0.1, 0.15) is 11.7 Å². The monoisotopic (exact) mass is 332 g/mol. The molecular weight excluding hydrogens is 315 g/mol. The molecule has 0 aliphatic rings. The van der Waals surface area contributed by atoms with Crippen molar-refractivity contribution in [1.82, 2.24) is 9.97 Å². The second-order valence-corrected chi connectivity index (χ2v) is 3.31. The van der Waals surface area contributed by atoms with E-state index in [0.29, 0.717) is 11.1 Å². The molecule has 0 atom stereocenters. The van der Waals surface area contributed by atoms with Crippen molar-refractivity contribution in [1.29, 1.82) is 10.8 Å². The first-order valence-electron chi connectivity index (χ1n) is 5.10. The van der Waals surface area contributed by atoms with E-state index in [1.807, 2.05) is 0 Å². The van der Waals surface area contributed by atoms with Crippen LogP contribution in [0.1, 0.15) is 11.1 Å². The smallest absolute Gasteiger partial charge is 0.124 e. The highest BCUT2D eigenvalue weighted by molar-refractivity contribution is 5.94. The molecule has 0 aliphatic carbocycles. The first-order valence-corrected chi connectivity index (χ1v) is 5.10. The van der Waals surface area contributed by atoms with Gasteiger partial charge in [-0.3, -0.25) is 20.8 Å². The fourth-order valence-corrected chi connectivity index (χ4v) is 1.04. The highest BCUT2D eigenvalue weighted by atomic mass is 35.5. The lowest BCUT2D eigenvalue weighted by Gasteiger charge is -1.92. The number of halogens is 2. The van der Waals surface area contributed by atoms with E-state index in [1.54, 1.807) is 49.1 Å². The highest BCUT2D eigenvalue weighted by Gasteiger charge is 1.91. The Balaban J connectivity index is -0.000000270. The summed E-state index contributed by atoms with van der Waals surface area (Å²) in [6.45, 7) is 0. The van der Waals surface area contributed by atoms with Crippen molar-refractivity contribution in [3.8, 4) is 0 Å². The van der Waals surface area contributed by atoms with Crippen molar-refractivity contribution in [2.24, 2.45) is 11.5 Å². The summed E-state index contributed by atoms with van der Waals surface area (Å²) < 4.78 is 0. The number of nitrogens with one attached hydrogen (secondary N) is 2. The molecular formula is C12H18Cl2N6O. The van der Waals surface area contributed by atoms with E-state index >= 15 is 0 Å². The number of nitrogens with zero attached hydrogens (tertiary/aromatic N) is 2. The summed E-state index contributed by atoms with van der Waals surface area (Å²) >= 11 is 0. The van der Waals surface area contributed by atoms with Gasteiger partial charge < -0.3 is 16.9 Å². The maximum atomic E-state index is 6.97. The molecule has 21 heavy (non-hydrogen) atoms. The van der Waals surface area contributed by atoms with Crippen molar-refractivity contribution in [3.05, 3.63) is 60.2 Å². The van der Waals surface area contributed by atoms with Crippen LogP contribution >= 0.6 is 24.8 Å². The van der Waals surface area contributed by atoms with E-state index in [0.717, 1.165) is 0 Å². The number of amidine groups is 2. The van der Waals surface area contributed by atoms with Crippen molar-refractivity contribution in [3.63, 3.8) is 0 Å². The largest absolute Gasteiger partial charge is 0.412 e. The van der Waals surface area contributed by atoms with Gasteiger partial charge in [-0.25, -0.2) is 0 Å². The molecule has 2 aromatic heterocycles. The Morgan fingerprint density at radius 3 is 1.29 bits per heavy atom. The third-order valence-electron chi connectivity index (χ3n) is 1.95. The van der Waals surface area contributed by atoms with Gasteiger partial charge in [-0.2, -0.15) is 0 Å². The van der Waals surface area contributed by atoms with Gasteiger partial charge in [-0.05, 0) is 24.3 Å². The Morgan fingerprint density at radius 1 is 0.810 bits per heavy atom. The molecule has 0 bridgehead atoms. The van der Waals surface area contributed by atoms with E-state index in [4.69, 9.17) is 22.3 Å². The van der Waals surface area contributed by atoms with Crippen LogP contribution in [0.3, 0.4) is 0 Å². The maximum Gasteiger partial charge on any atom is 0.124 e. The Labute approximate surface area is 135 Å². The van der Waals surface area contributed by atoms with Crippen LogP contribution in [0.25, 0.3) is 0 Å². The third-order valence-corrected chi connectivity index (χ3v) is 1.95. The van der Waals surface area contributed by atoms with Crippen LogP contribution in [-0.4, -0.2) is 27.1 Å². The summed E-state index contributed by atoms with van der Waals surface area (Å²) in [6.07, 6.45) is 6.41. The van der Waals surface area contributed by atoms with E-state index in [9.17, 15) is 0 Å². The predicted molar refractivity (Wildman–Crippen MR) is 88.6 cm³/mol. The summed E-state index contributed by atoms with van der Waals surface area (Å²) in [5, 5.41) is 13.9. The van der Waals surface area contributed by atoms with Gasteiger partial charge in [0.15, 0.2) is 0 Å². The molecule has 7 nitrogen and oxygen atoms in total. The van der Waals surface area contributed by atoms with Crippen molar-refractivity contribution >= 4 is 36.5 Å². The van der Waals surface area contributed by atoms with E-state index in [1.165, 1.54) is 0 Å². The topological polar surface area (TPSA) is 157 Å². The lowest BCUT2D eigenvalue weighted by Crippen LogP contribution is -2.10. The Bertz CT molecular complexity index is 474. The second kappa shape index (κ2) is 12.8. The number of hydrogen-bond acceptors (Lipinski definition) is 4. The van der Waals surface area contributed by atoms with Crippen LogP contribution < -0.4 is 11.5 Å². The molecule has 2 rings (SSSR count). The zero-order valence-corrected chi connectivity index (χ0v) is 12.6. The second-order valence-electron chi connectivity index (χ2n) is 3.31. The maximum absolute atomic E-state index is 6.97. The van der Waals surface area contributed by atoms with E-state index in [2.05, 4.69) is 9.97 Å². The first-order chi connectivity index (χ1) is 8.61. The molecule has 0 spiro atoms. The molecule has 9 heteroatoms. The van der Waals surface area contributed by atoms with Crippen LogP contribution in [0.4, 0.5) is 0 Å². The molecule has 0 unspecified atom stereocenters. The number of hydrogen-bond donors (Lipinski definition) is 4. The number of pyridine rings is 2. The van der Waals surface area contributed by atoms with Crippen LogP contribution in [0.5, 0.6) is 0 Å². The van der Waals surface area contributed by atoms with Gasteiger partial charge in [0.2, 0.25) is 0 Å². The quantitative estimate of drug-likeness (QED) is 0.472. The van der Waals surface area contributed by atoms with Crippen LogP contribution in [0.15, 0.2) is 49.1 Å². The number of nitrogen functional groups attached to an aromatic ring is 2. The standard InChI is InChI=1S/2C6H7N3.2ClH.H2O/c2*7-6(8)5-2-1-3-9-4-5;;;/h2*1-4H,(H3,7,8);2*1H;1H2. The molecule has 116 valence electrons. The van der Waals surface area contributed by atoms with Crippen molar-refractivity contribution in [2.75, 3.05) is 0 Å². The molecule has 0 saturated heterocycles. The molecule has 0 saturated carbocycles. The van der Waals surface area contributed by atoms with Crippen molar-refractivity contribution in [2.45, 2.75) is 0 Å². The van der Waals surface area contributed by atoms with Gasteiger partial charge >= 0.3 is 0 Å². The van der Waals surface area contributed by atoms with Crippen molar-refractivity contribution < 1.29 is 5.48 Å². The lowest BCUT2D eigenvalue weighted by molar-refractivity contribution is 0.824. The average Bonchev–Trinajstić information content (AvgIpc) is 2.41. The normalized spacial score (nSPS) is 7.62. The summed E-state index contributed by atoms with van der Waals surface area (Å²) in [5.41, 5.74) is 11.6. The van der Waals surface area contributed by atoms with Crippen LogP contribution in [0.2, 0.25) is 0 Å². The van der Waals surface area contributed by atoms with Gasteiger partial charge in [0, 0.05) is 35.9 Å². The summed E-state index contributed by atoms with van der Waals surface area (Å²) in [4.78, 5) is 7.57. The minimum Gasteiger partial charge on any atom is -0.412 e. The lowest BCUT2D eigenvalue weighted by atomic mass is 10.3. The molecule has 0 fully saturated rings. The molecule has 0 aliphatic heterocycles. The Hall–Kier alpha value is -2.22. The van der Waals surface area contributed by atoms with Gasteiger partial charge in [-0.15, -0.1) is 24.8 Å². The average molecular weight is 333 g/mol. The minimum atomic E-state index is 0. The fourth-order valence-electron chi connectivity index (χ4n) is 1.04. The zero-order valence-electron chi connectivity index (χ0n) is 11.0. The summed E-state index contributed by atoms with van der Waals surface area (Å²) in [5.74, 6) is 0.117. The fraction of sp³-hybridized carbons (Fsp3) is 0. The van der Waals surface area contributed by atoms with Gasteiger partial charge in [-0.1, -0.05) is 0 Å². The molecule has 0 aromatic carbocycles. The van der Waals surface area contributed by atoms with Crippen LogP contribution in [0, 0.1) is 10.8 Å². The molecule has 0 amide bonds. The molecule has 2 aromatic rings. The Kier molecular flexibility index (Phi) is 14.5. The number of rotatable bonds is 2. The van der Waals surface area contributed by atoms with Gasteiger partial charge in [0.05, 0.1) is 0 Å². The predicted octanol–water partition coefficient (Wildman–Crippen LogP) is 0.750. The van der Waals surface area contributed by atoms with E-state index < -0.39 is 0 Å². The molecule has 8 N–H and O–H groups in total. The Morgan fingerprint density at radius 2 is 1.14 bits per heavy atom. The number of nitrogens with two attached hydrogens (primary N) is 2. The van der Waals surface area contributed by atoms with Gasteiger partial charge in [0.25, 0.3) is 0 Å². The molecule has 2 heterocycles. The zero-order chi connectivity index (χ0) is 13.4.